The predicted molar refractivity (Wildman–Crippen MR) is 67.9 cm³/mol. The first-order chi connectivity index (χ1) is 8.83. The van der Waals surface area contributed by atoms with Gasteiger partial charge < -0.3 is 10.1 Å². The minimum absolute atomic E-state index is 0.0344. The number of hydrogen-bond acceptors (Lipinski definition) is 2. The molecule has 0 radical (unpaired) electrons. The van der Waals surface area contributed by atoms with Gasteiger partial charge in [-0.05, 0) is 25.3 Å². The lowest BCUT2D eigenvalue weighted by Gasteiger charge is -2.23. The van der Waals surface area contributed by atoms with Gasteiger partial charge in [0.2, 0.25) is 0 Å². The maximum atomic E-state index is 12.7. The molecule has 2 atom stereocenters. The summed E-state index contributed by atoms with van der Waals surface area (Å²) in [6.07, 6.45) is -0.984. The van der Waals surface area contributed by atoms with Crippen LogP contribution in [0.4, 0.5) is 17.6 Å². The molecule has 0 fully saturated rings. The van der Waals surface area contributed by atoms with Gasteiger partial charge in [-0.2, -0.15) is 8.78 Å². The van der Waals surface area contributed by atoms with Crippen LogP contribution in [0, 0.1) is 5.92 Å². The first-order valence-electron chi connectivity index (χ1n) is 6.80. The van der Waals surface area contributed by atoms with Crippen LogP contribution in [-0.2, 0) is 4.74 Å². The van der Waals surface area contributed by atoms with Crippen LogP contribution < -0.4 is 5.32 Å². The van der Waals surface area contributed by atoms with Gasteiger partial charge in [0.1, 0.15) is 6.61 Å². The van der Waals surface area contributed by atoms with Crippen molar-refractivity contribution in [3.8, 4) is 0 Å². The molecule has 0 rings (SSSR count). The molecule has 0 aliphatic heterocycles. The van der Waals surface area contributed by atoms with E-state index in [0.29, 0.717) is 5.92 Å². The van der Waals surface area contributed by atoms with Gasteiger partial charge in [-0.15, -0.1) is 0 Å². The standard InChI is InChI=1S/C13H25F4NO/c1-4-6-18-11(7-10(3)5-2)8-19-9-13(16,17)12(14)15/h10-12,18H,4-9H2,1-3H3. The highest BCUT2D eigenvalue weighted by atomic mass is 19.3. The Labute approximate surface area is 112 Å². The molecular formula is C13H25F4NO. The quantitative estimate of drug-likeness (QED) is 0.585. The second-order valence-corrected chi connectivity index (χ2v) is 4.98. The van der Waals surface area contributed by atoms with E-state index in [1.54, 1.807) is 0 Å². The molecule has 0 spiro atoms. The van der Waals surface area contributed by atoms with E-state index in [0.717, 1.165) is 25.8 Å². The summed E-state index contributed by atoms with van der Waals surface area (Å²) in [5.41, 5.74) is 0. The van der Waals surface area contributed by atoms with Crippen molar-refractivity contribution < 1.29 is 22.3 Å². The SMILES string of the molecule is CCCNC(COCC(F)(F)C(F)F)CC(C)CC. The molecule has 116 valence electrons. The fourth-order valence-corrected chi connectivity index (χ4v) is 1.61. The molecule has 0 saturated heterocycles. The lowest BCUT2D eigenvalue weighted by molar-refractivity contribution is -0.167. The number of alkyl halides is 4. The third-order valence-corrected chi connectivity index (χ3v) is 3.00. The molecular weight excluding hydrogens is 262 g/mol. The Hall–Kier alpha value is -0.360. The molecule has 2 unspecified atom stereocenters. The summed E-state index contributed by atoms with van der Waals surface area (Å²) in [6.45, 7) is 5.68. The van der Waals surface area contributed by atoms with Crippen LogP contribution in [0.15, 0.2) is 0 Å². The Balaban J connectivity index is 4.10. The van der Waals surface area contributed by atoms with Crippen molar-refractivity contribution in [2.75, 3.05) is 19.8 Å². The van der Waals surface area contributed by atoms with Gasteiger partial charge in [0.05, 0.1) is 6.61 Å². The van der Waals surface area contributed by atoms with Crippen LogP contribution in [0.2, 0.25) is 0 Å². The van der Waals surface area contributed by atoms with Gasteiger partial charge >= 0.3 is 12.3 Å². The van der Waals surface area contributed by atoms with Crippen molar-refractivity contribution >= 4 is 0 Å². The summed E-state index contributed by atoms with van der Waals surface area (Å²) in [6, 6.07) is -0.0663. The summed E-state index contributed by atoms with van der Waals surface area (Å²) in [4.78, 5) is 0. The second-order valence-electron chi connectivity index (χ2n) is 4.98. The number of halogens is 4. The molecule has 0 amide bonds. The lowest BCUT2D eigenvalue weighted by Crippen LogP contribution is -2.38. The van der Waals surface area contributed by atoms with Crippen molar-refractivity contribution in [1.82, 2.24) is 5.32 Å². The molecule has 0 aromatic carbocycles. The van der Waals surface area contributed by atoms with E-state index in [9.17, 15) is 17.6 Å². The highest BCUT2D eigenvalue weighted by molar-refractivity contribution is 4.72. The predicted octanol–water partition coefficient (Wildman–Crippen LogP) is 3.71. The zero-order valence-electron chi connectivity index (χ0n) is 11.9. The molecule has 0 bridgehead atoms. The molecule has 6 heteroatoms. The molecule has 0 aromatic rings. The van der Waals surface area contributed by atoms with Crippen molar-refractivity contribution in [3.63, 3.8) is 0 Å². The van der Waals surface area contributed by atoms with E-state index in [-0.39, 0.29) is 12.6 Å². The summed E-state index contributed by atoms with van der Waals surface area (Å²) < 4.78 is 54.1. The van der Waals surface area contributed by atoms with Crippen LogP contribution >= 0.6 is 0 Å². The van der Waals surface area contributed by atoms with Gasteiger partial charge in [0.25, 0.3) is 0 Å². The highest BCUT2D eigenvalue weighted by Crippen LogP contribution is 2.23. The maximum absolute atomic E-state index is 12.7. The van der Waals surface area contributed by atoms with E-state index in [4.69, 9.17) is 4.74 Å². The first kappa shape index (κ1) is 18.6. The van der Waals surface area contributed by atoms with Crippen molar-refractivity contribution in [2.24, 2.45) is 5.92 Å². The number of hydrogen-bond donors (Lipinski definition) is 1. The van der Waals surface area contributed by atoms with E-state index >= 15 is 0 Å². The largest absolute Gasteiger partial charge is 0.373 e. The summed E-state index contributed by atoms with van der Waals surface area (Å²) in [5.74, 6) is -3.63. The molecule has 1 N–H and O–H groups in total. The van der Waals surface area contributed by atoms with E-state index in [2.05, 4.69) is 12.2 Å². The fourth-order valence-electron chi connectivity index (χ4n) is 1.61. The normalized spacial score (nSPS) is 15.8. The van der Waals surface area contributed by atoms with Gasteiger partial charge in [-0.3, -0.25) is 0 Å². The molecule has 0 saturated carbocycles. The van der Waals surface area contributed by atoms with Crippen LogP contribution in [0.1, 0.15) is 40.0 Å². The minimum Gasteiger partial charge on any atom is -0.373 e. The Morgan fingerprint density at radius 2 is 1.84 bits per heavy atom. The van der Waals surface area contributed by atoms with Crippen LogP contribution in [0.3, 0.4) is 0 Å². The molecule has 2 nitrogen and oxygen atoms in total. The van der Waals surface area contributed by atoms with Crippen molar-refractivity contribution in [1.29, 1.82) is 0 Å². The maximum Gasteiger partial charge on any atom is 0.330 e. The summed E-state index contributed by atoms with van der Waals surface area (Å²) >= 11 is 0. The summed E-state index contributed by atoms with van der Waals surface area (Å²) in [5, 5.41) is 3.19. The Kier molecular flexibility index (Phi) is 9.35. The summed E-state index contributed by atoms with van der Waals surface area (Å²) in [7, 11) is 0. The smallest absolute Gasteiger partial charge is 0.330 e. The third kappa shape index (κ3) is 8.42. The molecule has 0 aliphatic carbocycles. The highest BCUT2D eigenvalue weighted by Gasteiger charge is 2.41. The zero-order valence-corrected chi connectivity index (χ0v) is 11.9. The zero-order chi connectivity index (χ0) is 14.9. The lowest BCUT2D eigenvalue weighted by atomic mass is 10.00. The van der Waals surface area contributed by atoms with Gasteiger partial charge in [-0.25, -0.2) is 8.78 Å². The van der Waals surface area contributed by atoms with Crippen molar-refractivity contribution in [3.05, 3.63) is 0 Å². The van der Waals surface area contributed by atoms with Gasteiger partial charge in [-0.1, -0.05) is 27.2 Å². The van der Waals surface area contributed by atoms with E-state index in [1.807, 2.05) is 13.8 Å². The third-order valence-electron chi connectivity index (χ3n) is 3.00. The average Bonchev–Trinajstić information content (AvgIpc) is 2.34. The topological polar surface area (TPSA) is 21.3 Å². The van der Waals surface area contributed by atoms with Crippen LogP contribution in [-0.4, -0.2) is 38.1 Å². The van der Waals surface area contributed by atoms with Gasteiger partial charge in [0.15, 0.2) is 0 Å². The first-order valence-corrected chi connectivity index (χ1v) is 6.80. The monoisotopic (exact) mass is 287 g/mol. The number of nitrogens with one attached hydrogen (secondary N) is 1. The van der Waals surface area contributed by atoms with Crippen LogP contribution in [0.25, 0.3) is 0 Å². The molecule has 0 aromatic heterocycles. The molecule has 0 heterocycles. The number of rotatable bonds is 11. The average molecular weight is 287 g/mol. The molecule has 0 aliphatic rings. The van der Waals surface area contributed by atoms with E-state index in [1.165, 1.54) is 0 Å². The van der Waals surface area contributed by atoms with Crippen molar-refractivity contribution in [2.45, 2.75) is 58.4 Å². The van der Waals surface area contributed by atoms with Crippen LogP contribution in [0.5, 0.6) is 0 Å². The van der Waals surface area contributed by atoms with E-state index < -0.39 is 19.0 Å². The molecule has 19 heavy (non-hydrogen) atoms. The van der Waals surface area contributed by atoms with Gasteiger partial charge in [0, 0.05) is 6.04 Å². The Bertz CT molecular complexity index is 227. The minimum atomic E-state index is -4.06. The Morgan fingerprint density at radius 1 is 1.21 bits per heavy atom. The second kappa shape index (κ2) is 9.53. The number of ether oxygens (including phenoxy) is 1. The fraction of sp³-hybridized carbons (Fsp3) is 1.00. The Morgan fingerprint density at radius 3 is 2.32 bits per heavy atom.